The van der Waals surface area contributed by atoms with Gasteiger partial charge in [0.15, 0.2) is 5.82 Å². The van der Waals surface area contributed by atoms with E-state index >= 15 is 0 Å². The molecule has 0 amide bonds. The maximum absolute atomic E-state index is 12.3. The third-order valence-electron chi connectivity index (χ3n) is 4.80. The lowest BCUT2D eigenvalue weighted by Crippen LogP contribution is -2.31. The number of nitrogens with zero attached hydrogens (tertiary/aromatic N) is 3. The molecule has 6 heteroatoms. The van der Waals surface area contributed by atoms with Crippen molar-refractivity contribution in [2.24, 2.45) is 0 Å². The van der Waals surface area contributed by atoms with Crippen LogP contribution in [0.4, 0.5) is 5.69 Å². The Morgan fingerprint density at radius 2 is 2.00 bits per heavy atom. The number of allylic oxidation sites excluding steroid dienone is 1. The van der Waals surface area contributed by atoms with E-state index in [9.17, 15) is 15.2 Å². The molecule has 0 bridgehead atoms. The van der Waals surface area contributed by atoms with Crippen molar-refractivity contribution in [2.75, 3.05) is 18.0 Å². The van der Waals surface area contributed by atoms with Crippen LogP contribution in [0, 0.1) is 11.3 Å². The minimum absolute atomic E-state index is 0.0130. The lowest BCUT2D eigenvalue weighted by Gasteiger charge is -2.31. The van der Waals surface area contributed by atoms with E-state index < -0.39 is 0 Å². The molecule has 134 valence electrons. The second kappa shape index (κ2) is 6.96. The highest BCUT2D eigenvalue weighted by Gasteiger charge is 2.20. The van der Waals surface area contributed by atoms with Gasteiger partial charge in [-0.1, -0.05) is 30.3 Å². The van der Waals surface area contributed by atoms with E-state index in [2.05, 4.69) is 16.0 Å². The fourth-order valence-corrected chi connectivity index (χ4v) is 3.49. The summed E-state index contributed by atoms with van der Waals surface area (Å²) in [5, 5.41) is 20.7. The first-order chi connectivity index (χ1) is 13.2. The summed E-state index contributed by atoms with van der Waals surface area (Å²) in [5.74, 6) is -0.0170. The van der Waals surface area contributed by atoms with Gasteiger partial charge in [0.2, 0.25) is 0 Å². The highest BCUT2D eigenvalue weighted by atomic mass is 16.3. The molecule has 3 aromatic rings. The van der Waals surface area contributed by atoms with Gasteiger partial charge in [-0.2, -0.15) is 5.26 Å². The average molecular weight is 358 g/mol. The SMILES string of the molecule is N#CC(=C(O)CN1CCCc2ccccc21)c1nc2ccccc2c(=O)[nH]1. The molecule has 1 aliphatic rings. The van der Waals surface area contributed by atoms with Crippen molar-refractivity contribution in [3.05, 3.63) is 76.0 Å². The van der Waals surface area contributed by atoms with Crippen LogP contribution in [0.1, 0.15) is 17.8 Å². The van der Waals surface area contributed by atoms with Crippen LogP contribution in [-0.4, -0.2) is 28.2 Å². The summed E-state index contributed by atoms with van der Waals surface area (Å²) >= 11 is 0. The normalized spacial score (nSPS) is 14.4. The monoisotopic (exact) mass is 358 g/mol. The fourth-order valence-electron chi connectivity index (χ4n) is 3.49. The first-order valence-corrected chi connectivity index (χ1v) is 8.82. The number of para-hydroxylation sites is 2. The summed E-state index contributed by atoms with van der Waals surface area (Å²) in [7, 11) is 0. The number of anilines is 1. The van der Waals surface area contributed by atoms with Gasteiger partial charge in [0.05, 0.1) is 17.4 Å². The van der Waals surface area contributed by atoms with Gasteiger partial charge < -0.3 is 15.0 Å². The van der Waals surface area contributed by atoms with Crippen molar-refractivity contribution in [3.8, 4) is 6.07 Å². The number of nitriles is 1. The number of aliphatic hydroxyl groups excluding tert-OH is 1. The van der Waals surface area contributed by atoms with Gasteiger partial charge >= 0.3 is 0 Å². The van der Waals surface area contributed by atoms with Gasteiger partial charge in [-0.3, -0.25) is 4.79 Å². The zero-order chi connectivity index (χ0) is 18.8. The molecular formula is C21H18N4O2. The summed E-state index contributed by atoms with van der Waals surface area (Å²) < 4.78 is 0. The molecule has 0 aliphatic carbocycles. The van der Waals surface area contributed by atoms with Crippen molar-refractivity contribution in [2.45, 2.75) is 12.8 Å². The molecule has 6 nitrogen and oxygen atoms in total. The third kappa shape index (κ3) is 3.15. The minimum Gasteiger partial charge on any atom is -0.509 e. The number of aromatic nitrogens is 2. The number of benzene rings is 2. The number of aromatic amines is 1. The van der Waals surface area contributed by atoms with Gasteiger partial charge in [-0.05, 0) is 36.6 Å². The first-order valence-electron chi connectivity index (χ1n) is 8.82. The molecule has 2 N–H and O–H groups in total. The standard InChI is InChI=1S/C21H18N4O2/c22-12-16(20-23-17-9-3-2-8-15(17)21(27)24-20)19(26)13-25-11-5-7-14-6-1-4-10-18(14)25/h1-4,6,8-10,26H,5,7,11,13H2,(H,23,24,27). The van der Waals surface area contributed by atoms with E-state index in [1.54, 1.807) is 24.3 Å². The third-order valence-corrected chi connectivity index (χ3v) is 4.80. The largest absolute Gasteiger partial charge is 0.509 e. The van der Waals surface area contributed by atoms with E-state index in [1.165, 1.54) is 5.56 Å². The molecule has 1 aromatic heterocycles. The Balaban J connectivity index is 1.73. The van der Waals surface area contributed by atoms with Crippen molar-refractivity contribution in [1.29, 1.82) is 5.26 Å². The van der Waals surface area contributed by atoms with Crippen LogP contribution >= 0.6 is 0 Å². The summed E-state index contributed by atoms with van der Waals surface area (Å²) in [6.07, 6.45) is 1.99. The van der Waals surface area contributed by atoms with Crippen LogP contribution in [0.15, 0.2) is 59.1 Å². The van der Waals surface area contributed by atoms with Crippen LogP contribution in [0.3, 0.4) is 0 Å². The molecular weight excluding hydrogens is 340 g/mol. The van der Waals surface area contributed by atoms with Gasteiger partial charge in [0, 0.05) is 12.2 Å². The van der Waals surface area contributed by atoms with Gasteiger partial charge in [0.25, 0.3) is 5.56 Å². The van der Waals surface area contributed by atoms with Crippen LogP contribution in [0.25, 0.3) is 16.5 Å². The average Bonchev–Trinajstić information content (AvgIpc) is 2.69. The summed E-state index contributed by atoms with van der Waals surface area (Å²) in [6, 6.07) is 17.0. The predicted octanol–water partition coefficient (Wildman–Crippen LogP) is 3.17. The summed E-state index contributed by atoms with van der Waals surface area (Å²) in [5.41, 5.74) is 2.43. The lowest BCUT2D eigenvalue weighted by atomic mass is 10.0. The van der Waals surface area contributed by atoms with E-state index in [0.717, 1.165) is 25.1 Å². The summed E-state index contributed by atoms with van der Waals surface area (Å²) in [6.45, 7) is 0.984. The van der Waals surface area contributed by atoms with Gasteiger partial charge in [-0.25, -0.2) is 4.98 Å². The fraction of sp³-hybridized carbons (Fsp3) is 0.190. The van der Waals surface area contributed by atoms with Crippen LogP contribution in [0.2, 0.25) is 0 Å². The maximum atomic E-state index is 12.3. The zero-order valence-corrected chi connectivity index (χ0v) is 14.6. The van der Waals surface area contributed by atoms with Crippen molar-refractivity contribution in [1.82, 2.24) is 9.97 Å². The van der Waals surface area contributed by atoms with Crippen LogP contribution in [-0.2, 0) is 6.42 Å². The Morgan fingerprint density at radius 3 is 2.85 bits per heavy atom. The van der Waals surface area contributed by atoms with Crippen LogP contribution < -0.4 is 10.5 Å². The van der Waals surface area contributed by atoms with Gasteiger partial charge in [0.1, 0.15) is 17.4 Å². The van der Waals surface area contributed by atoms with Crippen molar-refractivity contribution in [3.63, 3.8) is 0 Å². The molecule has 1 aliphatic heterocycles. The zero-order valence-electron chi connectivity index (χ0n) is 14.6. The minimum atomic E-state index is -0.334. The number of fused-ring (bicyclic) bond motifs is 2. The highest BCUT2D eigenvalue weighted by molar-refractivity contribution is 5.82. The number of aliphatic hydroxyl groups is 1. The predicted molar refractivity (Wildman–Crippen MR) is 105 cm³/mol. The second-order valence-electron chi connectivity index (χ2n) is 6.52. The molecule has 0 saturated carbocycles. The number of rotatable bonds is 3. The number of nitrogens with one attached hydrogen (secondary N) is 1. The highest BCUT2D eigenvalue weighted by Crippen LogP contribution is 2.28. The molecule has 27 heavy (non-hydrogen) atoms. The lowest BCUT2D eigenvalue weighted by molar-refractivity contribution is 0.400. The number of hydrogen-bond donors (Lipinski definition) is 2. The van der Waals surface area contributed by atoms with E-state index in [1.807, 2.05) is 29.2 Å². The summed E-state index contributed by atoms with van der Waals surface area (Å²) in [4.78, 5) is 21.3. The maximum Gasteiger partial charge on any atom is 0.259 e. The Labute approximate surface area is 156 Å². The molecule has 0 fully saturated rings. The Hall–Kier alpha value is -3.59. The van der Waals surface area contributed by atoms with Crippen molar-refractivity contribution >= 4 is 22.2 Å². The Morgan fingerprint density at radius 1 is 1.22 bits per heavy atom. The second-order valence-corrected chi connectivity index (χ2v) is 6.52. The molecule has 0 spiro atoms. The smallest absolute Gasteiger partial charge is 0.259 e. The Bertz CT molecular complexity index is 1140. The quantitative estimate of drug-likeness (QED) is 0.554. The van der Waals surface area contributed by atoms with Gasteiger partial charge in [-0.15, -0.1) is 0 Å². The molecule has 0 radical (unpaired) electrons. The molecule has 2 heterocycles. The van der Waals surface area contributed by atoms with E-state index in [-0.39, 0.29) is 29.3 Å². The number of H-pyrrole nitrogens is 1. The molecule has 0 atom stereocenters. The van der Waals surface area contributed by atoms with E-state index in [0.29, 0.717) is 10.9 Å². The molecule has 0 unspecified atom stereocenters. The topological polar surface area (TPSA) is 93.0 Å². The van der Waals surface area contributed by atoms with Crippen LogP contribution in [0.5, 0.6) is 0 Å². The van der Waals surface area contributed by atoms with Crippen molar-refractivity contribution < 1.29 is 5.11 Å². The van der Waals surface area contributed by atoms with E-state index in [4.69, 9.17) is 0 Å². The molecule has 4 rings (SSSR count). The number of hydrogen-bond acceptors (Lipinski definition) is 5. The molecule has 0 saturated heterocycles. The first kappa shape index (κ1) is 16.9. The number of aryl methyl sites for hydroxylation is 1. The Kier molecular flexibility index (Phi) is 4.35. The molecule has 2 aromatic carbocycles.